The van der Waals surface area contributed by atoms with Crippen LogP contribution in [0.25, 0.3) is 0 Å². The van der Waals surface area contributed by atoms with Crippen molar-refractivity contribution in [2.75, 3.05) is 5.32 Å². The number of amides is 1. The van der Waals surface area contributed by atoms with Crippen LogP contribution in [0.5, 0.6) is 0 Å². The molecular formula is C18H17ClF2N2O3. The van der Waals surface area contributed by atoms with Gasteiger partial charge in [-0.1, -0.05) is 23.7 Å². The Hall–Kier alpha value is -2.54. The van der Waals surface area contributed by atoms with Crippen molar-refractivity contribution in [1.29, 1.82) is 0 Å². The first kappa shape index (κ1) is 19.8. The molecular weight excluding hydrogens is 366 g/mol. The van der Waals surface area contributed by atoms with Crippen LogP contribution in [0.15, 0.2) is 42.6 Å². The zero-order chi connectivity index (χ0) is 19.5. The van der Waals surface area contributed by atoms with Gasteiger partial charge in [0.05, 0.1) is 11.9 Å². The van der Waals surface area contributed by atoms with Crippen LogP contribution in [-0.2, 0) is 10.7 Å². The number of Topliss-reactive ketones (excluding diaryl/α,β-unsaturated/α-hetero) is 1. The summed E-state index contributed by atoms with van der Waals surface area (Å²) in [6.45, 7) is 5.10. The number of nitrogens with zero attached hydrogens (tertiary/aromatic N) is 1. The Morgan fingerprint density at radius 3 is 2.19 bits per heavy atom. The second-order valence-corrected chi connectivity index (χ2v) is 6.91. The fraction of sp³-hybridized carbons (Fsp3) is 0.278. The Morgan fingerprint density at radius 1 is 1.08 bits per heavy atom. The first-order valence-corrected chi connectivity index (χ1v) is 8.01. The van der Waals surface area contributed by atoms with Gasteiger partial charge in [-0.3, -0.25) is 15.1 Å². The van der Waals surface area contributed by atoms with Gasteiger partial charge in [-0.05, 0) is 45.0 Å². The minimum Gasteiger partial charge on any atom is -0.444 e. The van der Waals surface area contributed by atoms with Gasteiger partial charge in [-0.25, -0.2) is 4.79 Å². The van der Waals surface area contributed by atoms with Crippen LogP contribution >= 0.6 is 11.6 Å². The highest BCUT2D eigenvalue weighted by molar-refractivity contribution is 6.30. The molecule has 2 aromatic rings. The molecule has 26 heavy (non-hydrogen) atoms. The lowest BCUT2D eigenvalue weighted by atomic mass is 10.0. The van der Waals surface area contributed by atoms with Gasteiger partial charge >= 0.3 is 12.0 Å². The predicted octanol–water partition coefficient (Wildman–Crippen LogP) is 5.06. The van der Waals surface area contributed by atoms with Gasteiger partial charge < -0.3 is 4.74 Å². The second-order valence-electron chi connectivity index (χ2n) is 6.47. The molecule has 0 bridgehead atoms. The number of anilines is 1. The molecule has 2 rings (SSSR count). The lowest BCUT2D eigenvalue weighted by Gasteiger charge is -2.19. The van der Waals surface area contributed by atoms with Crippen LogP contribution < -0.4 is 5.32 Å². The Bertz CT molecular complexity index is 801. The number of carbonyl (C=O) groups is 2. The number of rotatable bonds is 4. The number of aromatic nitrogens is 1. The number of hydrogen-bond acceptors (Lipinski definition) is 4. The highest BCUT2D eigenvalue weighted by atomic mass is 35.5. The highest BCUT2D eigenvalue weighted by Gasteiger charge is 2.42. The van der Waals surface area contributed by atoms with Gasteiger partial charge in [0.15, 0.2) is 0 Å². The zero-order valence-electron chi connectivity index (χ0n) is 14.3. The van der Waals surface area contributed by atoms with Gasteiger partial charge in [-0.15, -0.1) is 0 Å². The summed E-state index contributed by atoms with van der Waals surface area (Å²) in [7, 11) is 0. The van der Waals surface area contributed by atoms with Gasteiger partial charge in [-0.2, -0.15) is 8.78 Å². The molecule has 0 aliphatic rings. The molecule has 0 aliphatic carbocycles. The van der Waals surface area contributed by atoms with E-state index in [1.807, 2.05) is 0 Å². The minimum atomic E-state index is -3.75. The third-order valence-corrected chi connectivity index (χ3v) is 3.39. The number of nitrogens with one attached hydrogen (secondary N) is 1. The summed E-state index contributed by atoms with van der Waals surface area (Å²) in [5, 5.41) is 2.69. The van der Waals surface area contributed by atoms with Crippen molar-refractivity contribution >= 4 is 29.2 Å². The van der Waals surface area contributed by atoms with Crippen molar-refractivity contribution < 1.29 is 23.1 Å². The summed E-state index contributed by atoms with van der Waals surface area (Å²) in [6.07, 6.45) is 0.389. The van der Waals surface area contributed by atoms with E-state index in [1.165, 1.54) is 18.2 Å². The van der Waals surface area contributed by atoms with Gasteiger partial charge in [0.1, 0.15) is 11.3 Å². The number of ether oxygens (including phenoxy) is 1. The molecule has 1 heterocycles. The Morgan fingerprint density at radius 2 is 1.69 bits per heavy atom. The fourth-order valence-electron chi connectivity index (χ4n) is 1.97. The van der Waals surface area contributed by atoms with Crippen LogP contribution in [0.4, 0.5) is 19.3 Å². The van der Waals surface area contributed by atoms with Crippen LogP contribution in [0.3, 0.4) is 0 Å². The number of alkyl halides is 2. The van der Waals surface area contributed by atoms with Crippen LogP contribution in [-0.4, -0.2) is 22.5 Å². The summed E-state index contributed by atoms with van der Waals surface area (Å²) in [5.41, 5.74) is -1.39. The van der Waals surface area contributed by atoms with Crippen molar-refractivity contribution in [2.45, 2.75) is 32.3 Å². The third-order valence-electron chi connectivity index (χ3n) is 3.13. The van der Waals surface area contributed by atoms with Gasteiger partial charge in [0, 0.05) is 10.6 Å². The molecule has 0 saturated carbocycles. The predicted molar refractivity (Wildman–Crippen MR) is 93.8 cm³/mol. The van der Waals surface area contributed by atoms with E-state index in [2.05, 4.69) is 10.3 Å². The Balaban J connectivity index is 2.13. The average molecular weight is 383 g/mol. The highest BCUT2D eigenvalue weighted by Crippen LogP contribution is 2.32. The maximum absolute atomic E-state index is 14.3. The molecule has 1 amide bonds. The molecule has 0 radical (unpaired) electrons. The van der Waals surface area contributed by atoms with E-state index in [0.29, 0.717) is 0 Å². The normalized spacial score (nSPS) is 11.8. The molecule has 0 fully saturated rings. The fourth-order valence-corrected chi connectivity index (χ4v) is 2.10. The van der Waals surface area contributed by atoms with Crippen LogP contribution in [0.2, 0.25) is 5.02 Å². The summed E-state index contributed by atoms with van der Waals surface area (Å²) < 4.78 is 33.7. The third kappa shape index (κ3) is 4.98. The van der Waals surface area contributed by atoms with E-state index in [9.17, 15) is 18.4 Å². The first-order chi connectivity index (χ1) is 12.0. The number of hydrogen-bond donors (Lipinski definition) is 1. The van der Waals surface area contributed by atoms with E-state index in [-0.39, 0.29) is 10.7 Å². The molecule has 1 aromatic carbocycles. The molecule has 1 N–H and O–H groups in total. The smallest absolute Gasteiger partial charge is 0.412 e. The van der Waals surface area contributed by atoms with Crippen molar-refractivity contribution in [1.82, 2.24) is 4.98 Å². The molecule has 8 heteroatoms. The van der Waals surface area contributed by atoms with Crippen LogP contribution in [0.1, 0.15) is 36.8 Å². The van der Waals surface area contributed by atoms with Crippen molar-refractivity contribution in [3.05, 3.63) is 58.9 Å². The number of halogens is 3. The van der Waals surface area contributed by atoms with Gasteiger partial charge in [0.2, 0.25) is 0 Å². The van der Waals surface area contributed by atoms with E-state index < -0.39 is 34.7 Å². The molecule has 0 unspecified atom stereocenters. The monoisotopic (exact) mass is 382 g/mol. The molecule has 1 aromatic heterocycles. The topological polar surface area (TPSA) is 68.3 Å². The van der Waals surface area contributed by atoms with Gasteiger partial charge in [0.25, 0.3) is 5.78 Å². The summed E-state index contributed by atoms with van der Waals surface area (Å²) >= 11 is 5.67. The molecule has 0 aliphatic heterocycles. The maximum atomic E-state index is 14.3. The zero-order valence-corrected chi connectivity index (χ0v) is 15.1. The number of carbonyl (C=O) groups excluding carboxylic acids is 2. The first-order valence-electron chi connectivity index (χ1n) is 7.64. The number of benzene rings is 1. The Labute approximate surface area is 154 Å². The van der Waals surface area contributed by atoms with E-state index in [1.54, 1.807) is 20.8 Å². The van der Waals surface area contributed by atoms with Crippen molar-refractivity contribution in [2.24, 2.45) is 0 Å². The largest absolute Gasteiger partial charge is 0.444 e. The van der Waals surface area contributed by atoms with E-state index >= 15 is 0 Å². The summed E-state index contributed by atoms with van der Waals surface area (Å²) in [5.74, 6) is -5.21. The van der Waals surface area contributed by atoms with E-state index in [0.717, 1.165) is 24.4 Å². The minimum absolute atomic E-state index is 0.214. The molecule has 0 spiro atoms. The molecule has 5 nitrogen and oxygen atoms in total. The second kappa shape index (κ2) is 7.37. The van der Waals surface area contributed by atoms with E-state index in [4.69, 9.17) is 16.3 Å². The quantitative estimate of drug-likeness (QED) is 0.751. The molecule has 0 atom stereocenters. The maximum Gasteiger partial charge on any atom is 0.412 e. The van der Waals surface area contributed by atoms with Crippen LogP contribution in [0, 0.1) is 0 Å². The molecule has 0 saturated heterocycles. The molecule has 138 valence electrons. The van der Waals surface area contributed by atoms with Crippen molar-refractivity contribution in [3.63, 3.8) is 0 Å². The lowest BCUT2D eigenvalue weighted by Crippen LogP contribution is -2.28. The van der Waals surface area contributed by atoms with Crippen molar-refractivity contribution in [3.8, 4) is 0 Å². The average Bonchev–Trinajstić information content (AvgIpc) is 2.53. The lowest BCUT2D eigenvalue weighted by molar-refractivity contribution is 0.00693. The number of pyridine rings is 1. The summed E-state index contributed by atoms with van der Waals surface area (Å²) in [6, 6.07) is 7.12. The standard InChI is InChI=1S/C18H17ClF2N2O3/c1-17(2,3)26-16(25)23-13-8-9-14(22-10-13)15(24)18(20,21)11-4-6-12(19)7-5-11/h4-10H,1-3H3,(H,23,25). The Kier molecular flexibility index (Phi) is 5.61. The SMILES string of the molecule is CC(C)(C)OC(=O)Nc1ccc(C(=O)C(F)(F)c2ccc(Cl)cc2)nc1. The summed E-state index contributed by atoms with van der Waals surface area (Å²) in [4.78, 5) is 27.5. The number of ketones is 1.